The number of aromatic nitrogens is 2. The van der Waals surface area contributed by atoms with Gasteiger partial charge in [0, 0.05) is 19.0 Å². The van der Waals surface area contributed by atoms with Crippen LogP contribution in [-0.2, 0) is 0 Å². The van der Waals surface area contributed by atoms with E-state index < -0.39 is 0 Å². The Morgan fingerprint density at radius 3 is 2.89 bits per heavy atom. The van der Waals surface area contributed by atoms with Crippen LogP contribution in [-0.4, -0.2) is 44.0 Å². The number of oxime groups is 1. The maximum absolute atomic E-state index is 12.3. The SMILES string of the molecule is Cc1nnsc1C(=O)N(CCC(N)=NO)C1CC1. The number of carbonyl (C=O) groups excluding carboxylic acids is 1. The first-order valence-electron chi connectivity index (χ1n) is 5.69. The predicted octanol–water partition coefficient (Wildman–Crippen LogP) is 0.588. The zero-order valence-corrected chi connectivity index (χ0v) is 10.9. The first-order valence-corrected chi connectivity index (χ1v) is 6.47. The lowest BCUT2D eigenvalue weighted by Gasteiger charge is -2.21. The summed E-state index contributed by atoms with van der Waals surface area (Å²) < 4.78 is 3.77. The highest BCUT2D eigenvalue weighted by atomic mass is 32.1. The van der Waals surface area contributed by atoms with Crippen LogP contribution >= 0.6 is 11.5 Å². The third kappa shape index (κ3) is 2.76. The topological polar surface area (TPSA) is 105 Å². The molecule has 2 rings (SSSR count). The van der Waals surface area contributed by atoms with E-state index >= 15 is 0 Å². The van der Waals surface area contributed by atoms with Gasteiger partial charge in [-0.2, -0.15) is 0 Å². The van der Waals surface area contributed by atoms with Crippen molar-refractivity contribution in [3.8, 4) is 0 Å². The van der Waals surface area contributed by atoms with E-state index in [1.54, 1.807) is 11.8 Å². The minimum atomic E-state index is -0.0595. The van der Waals surface area contributed by atoms with E-state index in [9.17, 15) is 4.79 Å². The summed E-state index contributed by atoms with van der Waals surface area (Å²) in [5, 5.41) is 15.3. The molecule has 18 heavy (non-hydrogen) atoms. The lowest BCUT2D eigenvalue weighted by Crippen LogP contribution is -2.35. The van der Waals surface area contributed by atoms with Crippen molar-refractivity contribution in [3.63, 3.8) is 0 Å². The number of carbonyl (C=O) groups is 1. The quantitative estimate of drug-likeness (QED) is 0.352. The number of nitrogens with two attached hydrogens (primary N) is 1. The van der Waals surface area contributed by atoms with Gasteiger partial charge in [0.1, 0.15) is 10.7 Å². The Bertz CT molecular complexity index is 469. The molecule has 8 heteroatoms. The molecular formula is C10H15N5O2S. The molecule has 1 amide bonds. The highest BCUT2D eigenvalue weighted by Gasteiger charge is 2.34. The molecule has 1 fully saturated rings. The Morgan fingerprint density at radius 1 is 1.67 bits per heavy atom. The van der Waals surface area contributed by atoms with Gasteiger partial charge in [-0.3, -0.25) is 4.79 Å². The predicted molar refractivity (Wildman–Crippen MR) is 66.7 cm³/mol. The second-order valence-corrected chi connectivity index (χ2v) is 5.01. The van der Waals surface area contributed by atoms with Gasteiger partial charge in [0.25, 0.3) is 5.91 Å². The Labute approximate surface area is 108 Å². The fraction of sp³-hybridized carbons (Fsp3) is 0.600. The van der Waals surface area contributed by atoms with Gasteiger partial charge >= 0.3 is 0 Å². The molecule has 0 unspecified atom stereocenters. The molecule has 0 radical (unpaired) electrons. The van der Waals surface area contributed by atoms with Crippen molar-refractivity contribution < 1.29 is 10.0 Å². The molecular weight excluding hydrogens is 254 g/mol. The number of hydrogen-bond donors (Lipinski definition) is 2. The smallest absolute Gasteiger partial charge is 0.267 e. The molecule has 0 saturated heterocycles. The average Bonchev–Trinajstić information content (AvgIpc) is 3.10. The second-order valence-electron chi connectivity index (χ2n) is 4.26. The first-order chi connectivity index (χ1) is 8.63. The van der Waals surface area contributed by atoms with Gasteiger partial charge in [-0.1, -0.05) is 9.64 Å². The number of nitrogens with zero attached hydrogens (tertiary/aromatic N) is 4. The number of rotatable bonds is 5. The van der Waals surface area contributed by atoms with Crippen molar-refractivity contribution in [3.05, 3.63) is 10.6 Å². The highest BCUT2D eigenvalue weighted by molar-refractivity contribution is 7.07. The molecule has 0 bridgehead atoms. The van der Waals surface area contributed by atoms with Crippen LogP contribution in [0.2, 0.25) is 0 Å². The fourth-order valence-electron chi connectivity index (χ4n) is 1.68. The maximum Gasteiger partial charge on any atom is 0.267 e. The number of amides is 1. The summed E-state index contributed by atoms with van der Waals surface area (Å²) in [4.78, 5) is 14.7. The lowest BCUT2D eigenvalue weighted by molar-refractivity contribution is 0.0751. The summed E-state index contributed by atoms with van der Waals surface area (Å²) in [7, 11) is 0. The van der Waals surface area contributed by atoms with Crippen LogP contribution in [0, 0.1) is 6.92 Å². The van der Waals surface area contributed by atoms with Gasteiger partial charge in [0.2, 0.25) is 0 Å². The van der Waals surface area contributed by atoms with Gasteiger partial charge in [-0.05, 0) is 31.3 Å². The van der Waals surface area contributed by atoms with Crippen LogP contribution in [0.5, 0.6) is 0 Å². The molecule has 0 atom stereocenters. The van der Waals surface area contributed by atoms with Gasteiger partial charge in [0.15, 0.2) is 0 Å². The van der Waals surface area contributed by atoms with Crippen molar-refractivity contribution in [2.75, 3.05) is 6.54 Å². The van der Waals surface area contributed by atoms with E-state index in [0.717, 1.165) is 24.4 Å². The zero-order valence-electron chi connectivity index (χ0n) is 10.0. The van der Waals surface area contributed by atoms with Crippen LogP contribution in [0.25, 0.3) is 0 Å². The summed E-state index contributed by atoms with van der Waals surface area (Å²) in [6.07, 6.45) is 2.38. The number of aryl methyl sites for hydroxylation is 1. The standard InChI is InChI=1S/C10H15N5O2S/c1-6-9(18-14-12-6)10(16)15(7-2-3-7)5-4-8(11)13-17/h7,17H,2-5H2,1H3,(H2,11,13). The Hall–Kier alpha value is -1.70. The molecule has 1 aliphatic rings. The van der Waals surface area contributed by atoms with Gasteiger partial charge in [-0.25, -0.2) is 0 Å². The molecule has 0 aliphatic heterocycles. The summed E-state index contributed by atoms with van der Waals surface area (Å²) in [6, 6.07) is 0.269. The van der Waals surface area contributed by atoms with Crippen molar-refractivity contribution >= 4 is 23.3 Å². The van der Waals surface area contributed by atoms with Crippen molar-refractivity contribution in [2.45, 2.75) is 32.2 Å². The van der Waals surface area contributed by atoms with Crippen LogP contribution in [0.3, 0.4) is 0 Å². The summed E-state index contributed by atoms with van der Waals surface area (Å²) >= 11 is 1.11. The zero-order chi connectivity index (χ0) is 13.1. The molecule has 1 aromatic rings. The van der Waals surface area contributed by atoms with E-state index in [1.807, 2.05) is 0 Å². The Balaban J connectivity index is 2.06. The molecule has 0 aromatic carbocycles. The largest absolute Gasteiger partial charge is 0.409 e. The monoisotopic (exact) mass is 269 g/mol. The van der Waals surface area contributed by atoms with Crippen molar-refractivity contribution in [1.82, 2.24) is 14.5 Å². The fourth-order valence-corrected chi connectivity index (χ4v) is 2.29. The van der Waals surface area contributed by atoms with Crippen LogP contribution in [0.1, 0.15) is 34.6 Å². The summed E-state index contributed by atoms with van der Waals surface area (Å²) in [5.41, 5.74) is 6.08. The lowest BCUT2D eigenvalue weighted by atomic mass is 10.3. The Kier molecular flexibility index (Phi) is 3.75. The van der Waals surface area contributed by atoms with Crippen molar-refractivity contribution in [2.24, 2.45) is 10.9 Å². The third-order valence-corrected chi connectivity index (χ3v) is 3.65. The van der Waals surface area contributed by atoms with E-state index in [1.165, 1.54) is 0 Å². The first kappa shape index (κ1) is 12.7. The average molecular weight is 269 g/mol. The molecule has 1 heterocycles. The third-order valence-electron chi connectivity index (χ3n) is 2.83. The summed E-state index contributed by atoms with van der Waals surface area (Å²) in [5.74, 6) is 0.0725. The van der Waals surface area contributed by atoms with Crippen molar-refractivity contribution in [1.29, 1.82) is 0 Å². The van der Waals surface area contributed by atoms with E-state index in [2.05, 4.69) is 14.7 Å². The van der Waals surface area contributed by atoms with Crippen LogP contribution < -0.4 is 5.73 Å². The highest BCUT2D eigenvalue weighted by Crippen LogP contribution is 2.29. The normalized spacial score (nSPS) is 15.7. The molecule has 1 saturated carbocycles. The van der Waals surface area contributed by atoms with E-state index in [4.69, 9.17) is 10.9 Å². The van der Waals surface area contributed by atoms with Crippen LogP contribution in [0.15, 0.2) is 5.16 Å². The molecule has 3 N–H and O–H groups in total. The molecule has 0 spiro atoms. The second kappa shape index (κ2) is 5.30. The van der Waals surface area contributed by atoms with Gasteiger partial charge in [0.05, 0.1) is 5.69 Å². The van der Waals surface area contributed by atoms with E-state index in [-0.39, 0.29) is 17.8 Å². The Morgan fingerprint density at radius 2 is 2.39 bits per heavy atom. The molecule has 1 aromatic heterocycles. The maximum atomic E-state index is 12.3. The van der Waals surface area contributed by atoms with Crippen LogP contribution in [0.4, 0.5) is 0 Å². The minimum Gasteiger partial charge on any atom is -0.409 e. The molecule has 7 nitrogen and oxygen atoms in total. The summed E-state index contributed by atoms with van der Waals surface area (Å²) in [6.45, 7) is 2.22. The minimum absolute atomic E-state index is 0.0595. The van der Waals surface area contributed by atoms with Gasteiger partial charge < -0.3 is 15.8 Å². The van der Waals surface area contributed by atoms with Gasteiger partial charge in [-0.15, -0.1) is 5.10 Å². The number of hydrogen-bond acceptors (Lipinski definition) is 6. The molecule has 98 valence electrons. The van der Waals surface area contributed by atoms with E-state index in [0.29, 0.717) is 23.5 Å². The molecule has 1 aliphatic carbocycles. The number of amidine groups is 1.